The molecule has 0 unspecified atom stereocenters. The van der Waals surface area contributed by atoms with Crippen LogP contribution in [0.2, 0.25) is 0 Å². The molecule has 1 aromatic carbocycles. The summed E-state index contributed by atoms with van der Waals surface area (Å²) in [4.78, 5) is 7.43. The highest BCUT2D eigenvalue weighted by Gasteiger charge is 2.04. The normalized spacial score (nSPS) is 10.2. The highest BCUT2D eigenvalue weighted by molar-refractivity contribution is 9.10. The Bertz CT molecular complexity index is 502. The van der Waals surface area contributed by atoms with E-state index in [1.54, 1.807) is 6.07 Å². The average molecular weight is 283 g/mol. The maximum Gasteiger partial charge on any atom is 0.322 e. The SMILES string of the molecule is Cc1cc(Br)ccc1Oc1ncc(F)cn1. The molecule has 0 bridgehead atoms. The molecule has 1 aromatic heterocycles. The van der Waals surface area contributed by atoms with E-state index in [4.69, 9.17) is 4.74 Å². The van der Waals surface area contributed by atoms with Crippen molar-refractivity contribution in [3.05, 3.63) is 46.4 Å². The molecule has 82 valence electrons. The van der Waals surface area contributed by atoms with Gasteiger partial charge < -0.3 is 4.74 Å². The molecule has 16 heavy (non-hydrogen) atoms. The van der Waals surface area contributed by atoms with Crippen molar-refractivity contribution in [3.8, 4) is 11.8 Å². The van der Waals surface area contributed by atoms with Gasteiger partial charge >= 0.3 is 6.01 Å². The minimum absolute atomic E-state index is 0.131. The van der Waals surface area contributed by atoms with Crippen molar-refractivity contribution in [2.24, 2.45) is 0 Å². The van der Waals surface area contributed by atoms with Gasteiger partial charge in [0, 0.05) is 4.47 Å². The summed E-state index contributed by atoms with van der Waals surface area (Å²) >= 11 is 3.35. The predicted molar refractivity (Wildman–Crippen MR) is 60.9 cm³/mol. The summed E-state index contributed by atoms with van der Waals surface area (Å²) in [5.41, 5.74) is 0.947. The van der Waals surface area contributed by atoms with Gasteiger partial charge in [-0.2, -0.15) is 0 Å². The summed E-state index contributed by atoms with van der Waals surface area (Å²) in [5.74, 6) is 0.162. The molecule has 2 aromatic rings. The van der Waals surface area contributed by atoms with Crippen LogP contribution >= 0.6 is 15.9 Å². The monoisotopic (exact) mass is 282 g/mol. The lowest BCUT2D eigenvalue weighted by Crippen LogP contribution is -1.93. The number of rotatable bonds is 2. The van der Waals surface area contributed by atoms with E-state index in [1.807, 2.05) is 19.1 Å². The zero-order valence-electron chi connectivity index (χ0n) is 8.45. The fourth-order valence-corrected chi connectivity index (χ4v) is 1.65. The second-order valence-electron chi connectivity index (χ2n) is 3.20. The van der Waals surface area contributed by atoms with E-state index >= 15 is 0 Å². The summed E-state index contributed by atoms with van der Waals surface area (Å²) in [6.45, 7) is 1.91. The quantitative estimate of drug-likeness (QED) is 0.846. The summed E-state index contributed by atoms with van der Waals surface area (Å²) in [5, 5.41) is 0. The van der Waals surface area contributed by atoms with Gasteiger partial charge in [0.2, 0.25) is 0 Å². The minimum Gasteiger partial charge on any atom is -0.424 e. The van der Waals surface area contributed by atoms with Gasteiger partial charge in [-0.3, -0.25) is 0 Å². The first-order valence-electron chi connectivity index (χ1n) is 4.57. The fraction of sp³-hybridized carbons (Fsp3) is 0.0909. The summed E-state index contributed by atoms with van der Waals surface area (Å²) in [7, 11) is 0. The first-order chi connectivity index (χ1) is 7.65. The van der Waals surface area contributed by atoms with Gasteiger partial charge in [0.25, 0.3) is 0 Å². The maximum atomic E-state index is 12.6. The van der Waals surface area contributed by atoms with Gasteiger partial charge in [-0.1, -0.05) is 15.9 Å². The Hall–Kier alpha value is -1.49. The summed E-state index contributed by atoms with van der Waals surface area (Å²) in [6, 6.07) is 5.70. The molecule has 0 radical (unpaired) electrons. The number of ether oxygens (including phenoxy) is 1. The number of aryl methyl sites for hydroxylation is 1. The molecular weight excluding hydrogens is 275 g/mol. The van der Waals surface area contributed by atoms with Crippen LogP contribution in [-0.2, 0) is 0 Å². The summed E-state index contributed by atoms with van der Waals surface area (Å²) < 4.78 is 19.0. The second-order valence-corrected chi connectivity index (χ2v) is 4.11. The highest BCUT2D eigenvalue weighted by atomic mass is 79.9. The van der Waals surface area contributed by atoms with Gasteiger partial charge in [0.15, 0.2) is 5.82 Å². The highest BCUT2D eigenvalue weighted by Crippen LogP contribution is 2.25. The van der Waals surface area contributed by atoms with Gasteiger partial charge in [-0.15, -0.1) is 0 Å². The number of hydrogen-bond acceptors (Lipinski definition) is 3. The van der Waals surface area contributed by atoms with E-state index in [0.29, 0.717) is 5.75 Å². The first kappa shape index (κ1) is 11.0. The minimum atomic E-state index is -0.486. The molecule has 0 aliphatic carbocycles. The number of aromatic nitrogens is 2. The molecule has 0 aliphatic heterocycles. The third kappa shape index (κ3) is 2.55. The van der Waals surface area contributed by atoms with Crippen LogP contribution in [0.4, 0.5) is 4.39 Å². The van der Waals surface area contributed by atoms with E-state index in [-0.39, 0.29) is 6.01 Å². The second kappa shape index (κ2) is 4.57. The molecule has 5 heteroatoms. The van der Waals surface area contributed by atoms with Gasteiger partial charge in [-0.25, -0.2) is 14.4 Å². The summed E-state index contributed by atoms with van der Waals surface area (Å²) in [6.07, 6.45) is 2.13. The Morgan fingerprint density at radius 1 is 1.25 bits per heavy atom. The molecule has 0 saturated carbocycles. The van der Waals surface area contributed by atoms with Crippen LogP contribution < -0.4 is 4.74 Å². The molecule has 1 heterocycles. The van der Waals surface area contributed by atoms with Crippen LogP contribution in [0.3, 0.4) is 0 Å². The standard InChI is InChI=1S/C11H8BrFN2O/c1-7-4-8(12)2-3-10(7)16-11-14-5-9(13)6-15-11/h2-6H,1H3. The average Bonchev–Trinajstić information content (AvgIpc) is 2.25. The van der Waals surface area contributed by atoms with E-state index in [2.05, 4.69) is 25.9 Å². The van der Waals surface area contributed by atoms with Crippen molar-refractivity contribution in [1.29, 1.82) is 0 Å². The maximum absolute atomic E-state index is 12.6. The van der Waals surface area contributed by atoms with Crippen LogP contribution in [0, 0.1) is 12.7 Å². The van der Waals surface area contributed by atoms with Gasteiger partial charge in [-0.05, 0) is 30.7 Å². The van der Waals surface area contributed by atoms with Crippen LogP contribution in [0.5, 0.6) is 11.8 Å². The van der Waals surface area contributed by atoms with Crippen molar-refractivity contribution < 1.29 is 9.13 Å². The predicted octanol–water partition coefficient (Wildman–Crippen LogP) is 3.48. The van der Waals surface area contributed by atoms with Crippen molar-refractivity contribution >= 4 is 15.9 Å². The molecule has 3 nitrogen and oxygen atoms in total. The van der Waals surface area contributed by atoms with Crippen molar-refractivity contribution in [3.63, 3.8) is 0 Å². The van der Waals surface area contributed by atoms with E-state index in [0.717, 1.165) is 22.4 Å². The lowest BCUT2D eigenvalue weighted by Gasteiger charge is -2.06. The Labute approximate surface area is 100 Å². The number of benzene rings is 1. The van der Waals surface area contributed by atoms with Crippen molar-refractivity contribution in [2.75, 3.05) is 0 Å². The molecule has 0 aliphatic rings. The topological polar surface area (TPSA) is 35.0 Å². The number of hydrogen-bond donors (Lipinski definition) is 0. The zero-order valence-corrected chi connectivity index (χ0v) is 10.0. The van der Waals surface area contributed by atoms with Crippen molar-refractivity contribution in [1.82, 2.24) is 9.97 Å². The van der Waals surface area contributed by atoms with Gasteiger partial charge in [0.05, 0.1) is 12.4 Å². The van der Waals surface area contributed by atoms with E-state index in [9.17, 15) is 4.39 Å². The molecule has 0 atom stereocenters. The molecule has 0 saturated heterocycles. The smallest absolute Gasteiger partial charge is 0.322 e. The van der Waals surface area contributed by atoms with Crippen LogP contribution in [0.15, 0.2) is 35.1 Å². The molecule has 0 fully saturated rings. The molecular formula is C11H8BrFN2O. The van der Waals surface area contributed by atoms with Gasteiger partial charge in [0.1, 0.15) is 5.75 Å². The van der Waals surface area contributed by atoms with Crippen LogP contribution in [0.25, 0.3) is 0 Å². The fourth-order valence-electron chi connectivity index (χ4n) is 1.18. The largest absolute Gasteiger partial charge is 0.424 e. The van der Waals surface area contributed by atoms with Crippen LogP contribution in [-0.4, -0.2) is 9.97 Å². The third-order valence-corrected chi connectivity index (χ3v) is 2.43. The molecule has 0 spiro atoms. The molecule has 0 amide bonds. The zero-order chi connectivity index (χ0) is 11.5. The van der Waals surface area contributed by atoms with Crippen LogP contribution in [0.1, 0.15) is 5.56 Å². The lowest BCUT2D eigenvalue weighted by molar-refractivity contribution is 0.433. The lowest BCUT2D eigenvalue weighted by atomic mass is 10.2. The Morgan fingerprint density at radius 2 is 1.94 bits per heavy atom. The number of nitrogens with zero attached hydrogens (tertiary/aromatic N) is 2. The van der Waals surface area contributed by atoms with Crippen molar-refractivity contribution in [2.45, 2.75) is 6.92 Å². The molecule has 2 rings (SSSR count). The van der Waals surface area contributed by atoms with E-state index < -0.39 is 5.82 Å². The third-order valence-electron chi connectivity index (χ3n) is 1.93. The van der Waals surface area contributed by atoms with E-state index in [1.165, 1.54) is 0 Å². The Morgan fingerprint density at radius 3 is 2.56 bits per heavy atom. The molecule has 0 N–H and O–H groups in total. The number of halogens is 2. The Balaban J connectivity index is 2.23. The first-order valence-corrected chi connectivity index (χ1v) is 5.36. The Kier molecular flexibility index (Phi) is 3.14.